The second kappa shape index (κ2) is 5.08. The number of hydrogen-bond acceptors (Lipinski definition) is 2. The largest absolute Gasteiger partial charge is 0.294 e. The molecule has 2 saturated heterocycles. The predicted octanol–water partition coefficient (Wildman–Crippen LogP) is 4.11. The molecule has 2 heterocycles. The number of carbonyl (C=O) groups excluding carboxylic acids is 1. The van der Waals surface area contributed by atoms with E-state index in [2.05, 4.69) is 24.8 Å². The molecule has 0 amide bonds. The second-order valence-electron chi connectivity index (χ2n) is 5.50. The highest BCUT2D eigenvalue weighted by atomic mass is 32.2. The minimum atomic E-state index is 0.288. The molecule has 18 heavy (non-hydrogen) atoms. The van der Waals surface area contributed by atoms with Crippen molar-refractivity contribution in [2.24, 2.45) is 5.92 Å². The molecule has 1 nitrogen and oxygen atoms in total. The van der Waals surface area contributed by atoms with E-state index in [9.17, 15) is 4.79 Å². The molecule has 1 aromatic rings. The Kier molecular flexibility index (Phi) is 3.47. The number of ketones is 1. The van der Waals surface area contributed by atoms with Crippen LogP contribution in [0.25, 0.3) is 0 Å². The van der Waals surface area contributed by atoms with Crippen LogP contribution in [0.15, 0.2) is 24.3 Å². The number of hydrogen-bond donors (Lipinski definition) is 0. The molecule has 2 aliphatic heterocycles. The lowest BCUT2D eigenvalue weighted by Crippen LogP contribution is -2.25. The summed E-state index contributed by atoms with van der Waals surface area (Å²) in [6.07, 6.45) is 5.83. The molecule has 2 bridgehead atoms. The summed E-state index contributed by atoms with van der Waals surface area (Å²) in [6, 6.07) is 8.15. The van der Waals surface area contributed by atoms with E-state index in [0.29, 0.717) is 5.78 Å². The van der Waals surface area contributed by atoms with Crippen molar-refractivity contribution in [3.8, 4) is 0 Å². The average Bonchev–Trinajstić information content (AvgIpc) is 2.76. The van der Waals surface area contributed by atoms with Gasteiger partial charge in [-0.3, -0.25) is 4.79 Å². The quantitative estimate of drug-likeness (QED) is 0.761. The highest BCUT2D eigenvalue weighted by Crippen LogP contribution is 2.46. The van der Waals surface area contributed by atoms with Crippen molar-refractivity contribution in [3.63, 3.8) is 0 Å². The minimum Gasteiger partial charge on any atom is -0.294 e. The van der Waals surface area contributed by atoms with Crippen molar-refractivity contribution in [3.05, 3.63) is 35.4 Å². The van der Waals surface area contributed by atoms with Crippen LogP contribution in [0.5, 0.6) is 0 Å². The van der Waals surface area contributed by atoms with Crippen LogP contribution in [0.2, 0.25) is 0 Å². The first-order valence-corrected chi connectivity index (χ1v) is 7.99. The van der Waals surface area contributed by atoms with E-state index < -0.39 is 0 Å². The summed E-state index contributed by atoms with van der Waals surface area (Å²) in [6.45, 7) is 2.13. The molecule has 0 aliphatic carbocycles. The molecular formula is C16H20OS. The number of aryl methyl sites for hydroxylation is 1. The van der Waals surface area contributed by atoms with Crippen molar-refractivity contribution in [1.29, 1.82) is 0 Å². The van der Waals surface area contributed by atoms with E-state index in [1.54, 1.807) is 0 Å². The molecule has 0 aromatic heterocycles. The van der Waals surface area contributed by atoms with Crippen molar-refractivity contribution < 1.29 is 4.79 Å². The second-order valence-corrected chi connectivity index (χ2v) is 7.11. The third-order valence-corrected chi connectivity index (χ3v) is 5.95. The van der Waals surface area contributed by atoms with Gasteiger partial charge in [0.1, 0.15) is 0 Å². The van der Waals surface area contributed by atoms with Crippen molar-refractivity contribution in [2.45, 2.75) is 49.5 Å². The fourth-order valence-corrected chi connectivity index (χ4v) is 5.14. The fraction of sp³-hybridized carbons (Fsp3) is 0.562. The van der Waals surface area contributed by atoms with Gasteiger partial charge in [0, 0.05) is 22.0 Å². The molecule has 2 heteroatoms. The van der Waals surface area contributed by atoms with Gasteiger partial charge in [0.05, 0.1) is 0 Å². The van der Waals surface area contributed by atoms with Gasteiger partial charge < -0.3 is 0 Å². The molecule has 96 valence electrons. The molecule has 0 radical (unpaired) electrons. The maximum atomic E-state index is 12.7. The summed E-state index contributed by atoms with van der Waals surface area (Å²) in [5.74, 6) is 0.695. The zero-order valence-corrected chi connectivity index (χ0v) is 11.7. The van der Waals surface area contributed by atoms with E-state index in [1.807, 2.05) is 18.2 Å². The first kappa shape index (κ1) is 12.3. The Hall–Kier alpha value is -0.760. The number of Topliss-reactive ketones (excluding diaryl/α,β-unsaturated/α-hetero) is 1. The summed E-state index contributed by atoms with van der Waals surface area (Å²) in [7, 11) is 0. The molecule has 2 atom stereocenters. The highest BCUT2D eigenvalue weighted by Gasteiger charge is 2.38. The van der Waals surface area contributed by atoms with E-state index >= 15 is 0 Å². The van der Waals surface area contributed by atoms with Crippen LogP contribution in [0.4, 0.5) is 0 Å². The Morgan fingerprint density at radius 2 is 1.89 bits per heavy atom. The van der Waals surface area contributed by atoms with Gasteiger partial charge >= 0.3 is 0 Å². The van der Waals surface area contributed by atoms with Gasteiger partial charge in [-0.25, -0.2) is 0 Å². The third-order valence-electron chi connectivity index (χ3n) is 4.32. The molecule has 1 aromatic carbocycles. The van der Waals surface area contributed by atoms with Gasteiger partial charge in [-0.05, 0) is 37.7 Å². The first-order chi connectivity index (χ1) is 8.78. The Labute approximate surface area is 113 Å². The lowest BCUT2D eigenvalue weighted by Gasteiger charge is -2.26. The van der Waals surface area contributed by atoms with Crippen LogP contribution in [-0.4, -0.2) is 16.3 Å². The van der Waals surface area contributed by atoms with Crippen LogP contribution in [0.3, 0.4) is 0 Å². The molecule has 2 aliphatic rings. The standard InChI is InChI=1S/C16H20OS/c1-2-11-5-3-4-6-15(11)16(17)12-9-13-7-8-14(10-12)18-13/h3-6,12-14H,2,7-10H2,1H3. The van der Waals surface area contributed by atoms with Crippen LogP contribution in [0.1, 0.15) is 48.5 Å². The number of fused-ring (bicyclic) bond motifs is 2. The van der Waals surface area contributed by atoms with Gasteiger partial charge in [0.2, 0.25) is 0 Å². The minimum absolute atomic E-state index is 0.288. The summed E-state index contributed by atoms with van der Waals surface area (Å²) in [4.78, 5) is 12.7. The SMILES string of the molecule is CCc1ccccc1C(=O)C1CC2CCC(C1)S2. The lowest BCUT2D eigenvalue weighted by atomic mass is 9.88. The molecule has 2 fully saturated rings. The molecule has 3 rings (SSSR count). The van der Waals surface area contributed by atoms with Gasteiger partial charge in [0.15, 0.2) is 5.78 Å². The molecule has 0 N–H and O–H groups in total. The first-order valence-electron chi connectivity index (χ1n) is 7.05. The molecular weight excluding hydrogens is 240 g/mol. The molecule has 2 unspecified atom stereocenters. The van der Waals surface area contributed by atoms with Gasteiger partial charge in [0.25, 0.3) is 0 Å². The zero-order chi connectivity index (χ0) is 12.5. The smallest absolute Gasteiger partial charge is 0.166 e. The van der Waals surface area contributed by atoms with E-state index in [0.717, 1.165) is 35.3 Å². The topological polar surface area (TPSA) is 17.1 Å². The summed E-state index contributed by atoms with van der Waals surface area (Å²) >= 11 is 2.13. The van der Waals surface area contributed by atoms with E-state index in [4.69, 9.17) is 0 Å². The average molecular weight is 260 g/mol. The van der Waals surface area contributed by atoms with Crippen LogP contribution >= 0.6 is 11.8 Å². The van der Waals surface area contributed by atoms with E-state index in [1.165, 1.54) is 18.4 Å². The Bertz CT molecular complexity index is 442. The van der Waals surface area contributed by atoms with Gasteiger partial charge in [-0.2, -0.15) is 11.8 Å². The van der Waals surface area contributed by atoms with Crippen LogP contribution < -0.4 is 0 Å². The predicted molar refractivity (Wildman–Crippen MR) is 77.3 cm³/mol. The Balaban J connectivity index is 1.82. The molecule has 0 saturated carbocycles. The normalized spacial score (nSPS) is 30.4. The van der Waals surface area contributed by atoms with Crippen molar-refractivity contribution in [2.75, 3.05) is 0 Å². The monoisotopic (exact) mass is 260 g/mol. The van der Waals surface area contributed by atoms with Crippen LogP contribution in [-0.2, 0) is 6.42 Å². The van der Waals surface area contributed by atoms with Gasteiger partial charge in [-0.1, -0.05) is 31.2 Å². The number of thioether (sulfide) groups is 1. The summed E-state index contributed by atoms with van der Waals surface area (Å²) in [5, 5.41) is 1.51. The highest BCUT2D eigenvalue weighted by molar-refractivity contribution is 8.00. The third kappa shape index (κ3) is 2.23. The van der Waals surface area contributed by atoms with E-state index in [-0.39, 0.29) is 5.92 Å². The van der Waals surface area contributed by atoms with Crippen molar-refractivity contribution >= 4 is 17.5 Å². The number of benzene rings is 1. The maximum Gasteiger partial charge on any atom is 0.166 e. The lowest BCUT2D eigenvalue weighted by molar-refractivity contribution is 0.0906. The summed E-state index contributed by atoms with van der Waals surface area (Å²) < 4.78 is 0. The van der Waals surface area contributed by atoms with Crippen LogP contribution in [0, 0.1) is 5.92 Å². The van der Waals surface area contributed by atoms with Crippen molar-refractivity contribution in [1.82, 2.24) is 0 Å². The Morgan fingerprint density at radius 1 is 1.22 bits per heavy atom. The zero-order valence-electron chi connectivity index (χ0n) is 10.9. The maximum absolute atomic E-state index is 12.7. The number of carbonyl (C=O) groups is 1. The Morgan fingerprint density at radius 3 is 2.56 bits per heavy atom. The fourth-order valence-electron chi connectivity index (χ4n) is 3.36. The number of rotatable bonds is 3. The summed E-state index contributed by atoms with van der Waals surface area (Å²) in [5.41, 5.74) is 2.20. The van der Waals surface area contributed by atoms with Gasteiger partial charge in [-0.15, -0.1) is 0 Å². The molecule has 0 spiro atoms.